The molecule has 3 aromatic rings. The number of aliphatic hydroxyl groups excluding tert-OH is 1. The van der Waals surface area contributed by atoms with E-state index in [1.165, 1.54) is 30.3 Å². The summed E-state index contributed by atoms with van der Waals surface area (Å²) in [6.07, 6.45) is 1.49. The Morgan fingerprint density at radius 3 is 2.37 bits per heavy atom. The van der Waals surface area contributed by atoms with Gasteiger partial charge in [0.25, 0.3) is 0 Å². The zero-order chi connectivity index (χ0) is 21.1. The fraction of sp³-hybridized carbons (Fsp3) is 0.240. The molecule has 0 radical (unpaired) electrons. The maximum absolute atomic E-state index is 14.4. The molecule has 30 heavy (non-hydrogen) atoms. The summed E-state index contributed by atoms with van der Waals surface area (Å²) in [5.74, 6) is -0.869. The lowest BCUT2D eigenvalue weighted by Crippen LogP contribution is -2.47. The van der Waals surface area contributed by atoms with Gasteiger partial charge in [-0.15, -0.1) is 0 Å². The molecule has 0 aliphatic carbocycles. The Morgan fingerprint density at radius 1 is 0.967 bits per heavy atom. The first-order chi connectivity index (χ1) is 14.5. The van der Waals surface area contributed by atoms with Crippen LogP contribution >= 0.6 is 0 Å². The molecule has 154 valence electrons. The quantitative estimate of drug-likeness (QED) is 0.641. The fourth-order valence-corrected chi connectivity index (χ4v) is 4.34. The number of carbonyl (C=O) groups excluding carboxylic acids is 1. The molecule has 1 atom stereocenters. The second-order valence-electron chi connectivity index (χ2n) is 7.76. The van der Waals surface area contributed by atoms with Gasteiger partial charge in [-0.2, -0.15) is 0 Å². The Morgan fingerprint density at radius 2 is 1.70 bits per heavy atom. The molecule has 0 saturated carbocycles. The van der Waals surface area contributed by atoms with Crippen molar-refractivity contribution < 1.29 is 18.7 Å². The summed E-state index contributed by atoms with van der Waals surface area (Å²) in [7, 11) is 0. The summed E-state index contributed by atoms with van der Waals surface area (Å²) < 4.78 is 27.7. The van der Waals surface area contributed by atoms with Crippen molar-refractivity contribution >= 4 is 11.6 Å². The lowest BCUT2D eigenvalue weighted by Gasteiger charge is -2.41. The van der Waals surface area contributed by atoms with Gasteiger partial charge < -0.3 is 10.0 Å². The first kappa shape index (κ1) is 20.2. The molecule has 1 saturated heterocycles. The van der Waals surface area contributed by atoms with Gasteiger partial charge in [0.1, 0.15) is 11.6 Å². The summed E-state index contributed by atoms with van der Waals surface area (Å²) >= 11 is 0. The molecule has 1 aliphatic heterocycles. The number of aliphatic hydroxyl groups is 1. The zero-order valence-electron chi connectivity index (χ0n) is 16.5. The van der Waals surface area contributed by atoms with Crippen LogP contribution in [0.15, 0.2) is 72.8 Å². The number of nitrogens with zero attached hydrogens (tertiary/aromatic N) is 1. The molecule has 1 N–H and O–H groups in total. The molecule has 0 bridgehead atoms. The fourth-order valence-electron chi connectivity index (χ4n) is 4.34. The molecule has 3 aromatic carbocycles. The molecule has 5 heteroatoms. The highest BCUT2D eigenvalue weighted by atomic mass is 19.1. The van der Waals surface area contributed by atoms with Gasteiger partial charge in [0, 0.05) is 36.2 Å². The van der Waals surface area contributed by atoms with E-state index in [4.69, 9.17) is 0 Å². The Kier molecular flexibility index (Phi) is 5.64. The normalized spacial score (nSPS) is 19.2. The average Bonchev–Trinajstić information content (AvgIpc) is 2.76. The van der Waals surface area contributed by atoms with Crippen LogP contribution in [-0.4, -0.2) is 24.2 Å². The van der Waals surface area contributed by atoms with Crippen LogP contribution in [0.5, 0.6) is 0 Å². The summed E-state index contributed by atoms with van der Waals surface area (Å²) in [5, 5.41) is 9.63. The number of rotatable bonds is 5. The highest BCUT2D eigenvalue weighted by Crippen LogP contribution is 2.40. The SMILES string of the molecule is O=C1C[C@@](CCO)(c2ccccc2)CCN1c1ccc(F)c(-c2ccc(F)cc2)c1. The molecular formula is C25H23F2NO2. The summed E-state index contributed by atoms with van der Waals surface area (Å²) in [6, 6.07) is 20.0. The molecular weight excluding hydrogens is 384 g/mol. The molecule has 0 spiro atoms. The molecule has 1 amide bonds. The third kappa shape index (κ3) is 3.85. The van der Waals surface area contributed by atoms with Gasteiger partial charge in [0.05, 0.1) is 0 Å². The maximum atomic E-state index is 14.4. The van der Waals surface area contributed by atoms with Crippen molar-refractivity contribution in [3.63, 3.8) is 0 Å². The van der Waals surface area contributed by atoms with Gasteiger partial charge in [-0.1, -0.05) is 42.5 Å². The van der Waals surface area contributed by atoms with Crippen molar-refractivity contribution in [3.05, 3.63) is 90.0 Å². The van der Waals surface area contributed by atoms with E-state index in [9.17, 15) is 18.7 Å². The van der Waals surface area contributed by atoms with Crippen LogP contribution in [0.1, 0.15) is 24.8 Å². The monoisotopic (exact) mass is 407 g/mol. The predicted molar refractivity (Wildman–Crippen MR) is 113 cm³/mol. The zero-order valence-corrected chi connectivity index (χ0v) is 16.5. The molecule has 1 fully saturated rings. The summed E-state index contributed by atoms with van der Waals surface area (Å²) in [4.78, 5) is 14.8. The molecule has 1 heterocycles. The van der Waals surface area contributed by atoms with E-state index >= 15 is 0 Å². The lowest BCUT2D eigenvalue weighted by atomic mass is 9.70. The van der Waals surface area contributed by atoms with E-state index in [0.717, 1.165) is 5.56 Å². The van der Waals surface area contributed by atoms with Crippen LogP contribution in [0, 0.1) is 11.6 Å². The van der Waals surface area contributed by atoms with Gasteiger partial charge in [-0.25, -0.2) is 8.78 Å². The van der Waals surface area contributed by atoms with Gasteiger partial charge in [0.15, 0.2) is 0 Å². The number of piperidine rings is 1. The van der Waals surface area contributed by atoms with Crippen LogP contribution in [0.2, 0.25) is 0 Å². The second kappa shape index (κ2) is 8.36. The number of anilines is 1. The molecule has 1 aliphatic rings. The van der Waals surface area contributed by atoms with E-state index in [1.54, 1.807) is 17.0 Å². The van der Waals surface area contributed by atoms with Crippen molar-refractivity contribution in [1.82, 2.24) is 0 Å². The van der Waals surface area contributed by atoms with Crippen molar-refractivity contribution in [3.8, 4) is 11.1 Å². The highest BCUT2D eigenvalue weighted by Gasteiger charge is 2.40. The Balaban J connectivity index is 1.63. The van der Waals surface area contributed by atoms with Crippen LogP contribution in [0.25, 0.3) is 11.1 Å². The maximum Gasteiger partial charge on any atom is 0.227 e. The van der Waals surface area contributed by atoms with Crippen molar-refractivity contribution in [2.45, 2.75) is 24.7 Å². The van der Waals surface area contributed by atoms with E-state index in [0.29, 0.717) is 36.2 Å². The number of hydrogen-bond donors (Lipinski definition) is 1. The van der Waals surface area contributed by atoms with Crippen molar-refractivity contribution in [1.29, 1.82) is 0 Å². The first-order valence-electron chi connectivity index (χ1n) is 10.0. The topological polar surface area (TPSA) is 40.5 Å². The minimum absolute atomic E-state index is 0.00738. The second-order valence-corrected chi connectivity index (χ2v) is 7.76. The largest absolute Gasteiger partial charge is 0.396 e. The van der Waals surface area contributed by atoms with Crippen LogP contribution in [-0.2, 0) is 10.2 Å². The number of amides is 1. The van der Waals surface area contributed by atoms with Gasteiger partial charge in [0.2, 0.25) is 5.91 Å². The van der Waals surface area contributed by atoms with E-state index < -0.39 is 11.2 Å². The Hall–Kier alpha value is -3.05. The van der Waals surface area contributed by atoms with Crippen LogP contribution in [0.3, 0.4) is 0 Å². The van der Waals surface area contributed by atoms with E-state index in [-0.39, 0.29) is 24.8 Å². The van der Waals surface area contributed by atoms with Gasteiger partial charge in [-0.3, -0.25) is 4.79 Å². The van der Waals surface area contributed by atoms with Gasteiger partial charge in [-0.05, 0) is 54.3 Å². The van der Waals surface area contributed by atoms with Crippen LogP contribution < -0.4 is 4.90 Å². The van der Waals surface area contributed by atoms with E-state index in [2.05, 4.69) is 0 Å². The number of halogens is 2. The van der Waals surface area contributed by atoms with Crippen molar-refractivity contribution in [2.75, 3.05) is 18.1 Å². The third-order valence-electron chi connectivity index (χ3n) is 6.00. The van der Waals surface area contributed by atoms with Crippen LogP contribution in [0.4, 0.5) is 14.5 Å². The standard InChI is InChI=1S/C25H23F2NO2/c26-20-8-6-18(7-9-20)22-16-21(10-11-23(22)27)28-14-12-25(13-15-29,17-24(28)30)19-4-2-1-3-5-19/h1-11,16,29H,12-15,17H2/t25-/m1/s1. The first-order valence-corrected chi connectivity index (χ1v) is 10.0. The summed E-state index contributed by atoms with van der Waals surface area (Å²) in [5.41, 5.74) is 2.16. The predicted octanol–water partition coefficient (Wildman–Crippen LogP) is 5.08. The Labute approximate surface area is 174 Å². The highest BCUT2D eigenvalue weighted by molar-refractivity contribution is 5.96. The average molecular weight is 407 g/mol. The Bertz CT molecular complexity index is 1040. The molecule has 3 nitrogen and oxygen atoms in total. The molecule has 0 aromatic heterocycles. The van der Waals surface area contributed by atoms with Gasteiger partial charge >= 0.3 is 0 Å². The minimum atomic E-state index is -0.422. The lowest BCUT2D eigenvalue weighted by molar-refractivity contribution is -0.121. The van der Waals surface area contributed by atoms with E-state index in [1.807, 2.05) is 30.3 Å². The van der Waals surface area contributed by atoms with Crippen molar-refractivity contribution in [2.24, 2.45) is 0 Å². The third-order valence-corrected chi connectivity index (χ3v) is 6.00. The molecule has 0 unspecified atom stereocenters. The number of carbonyl (C=O) groups is 1. The summed E-state index contributed by atoms with van der Waals surface area (Å²) in [6.45, 7) is 0.482. The smallest absolute Gasteiger partial charge is 0.227 e. The minimum Gasteiger partial charge on any atom is -0.396 e. The molecule has 4 rings (SSSR count). The number of hydrogen-bond acceptors (Lipinski definition) is 2. The number of benzene rings is 3.